The van der Waals surface area contributed by atoms with Gasteiger partial charge in [-0.1, -0.05) is 26.0 Å². The molecule has 0 aliphatic carbocycles. The summed E-state index contributed by atoms with van der Waals surface area (Å²) in [5, 5.41) is 11.4. The zero-order valence-electron chi connectivity index (χ0n) is 11.1. The van der Waals surface area contributed by atoms with Gasteiger partial charge in [0.1, 0.15) is 0 Å². The summed E-state index contributed by atoms with van der Waals surface area (Å²) in [6, 6.07) is 8.36. The van der Waals surface area contributed by atoms with Gasteiger partial charge in [0.25, 0.3) is 0 Å². The first-order valence-corrected chi connectivity index (χ1v) is 6.38. The van der Waals surface area contributed by atoms with Crippen LogP contribution in [0.1, 0.15) is 37.8 Å². The molecule has 0 aliphatic heterocycles. The van der Waals surface area contributed by atoms with Gasteiger partial charge in [-0.25, -0.2) is 0 Å². The van der Waals surface area contributed by atoms with Gasteiger partial charge in [0.05, 0.1) is 6.04 Å². The van der Waals surface area contributed by atoms with Crippen LogP contribution in [0, 0.1) is 0 Å². The molecule has 0 aliphatic rings. The van der Waals surface area contributed by atoms with Crippen LogP contribution in [0.5, 0.6) is 0 Å². The first-order chi connectivity index (χ1) is 8.78. The fourth-order valence-electron chi connectivity index (χ4n) is 1.88. The Balaban J connectivity index is 2.23. The van der Waals surface area contributed by atoms with E-state index in [2.05, 4.69) is 41.5 Å². The van der Waals surface area contributed by atoms with E-state index in [0.29, 0.717) is 11.8 Å². The maximum atomic E-state index is 5.70. The third-order valence-electron chi connectivity index (χ3n) is 3.10. The molecule has 1 aromatic heterocycles. The molecular weight excluding hydrogens is 226 g/mol. The number of aromatic nitrogens is 2. The Morgan fingerprint density at radius 1 is 1.17 bits per heavy atom. The van der Waals surface area contributed by atoms with Crippen molar-refractivity contribution in [2.75, 3.05) is 7.05 Å². The molecule has 0 amide bonds. The third kappa shape index (κ3) is 2.59. The Morgan fingerprint density at radius 3 is 2.44 bits per heavy atom. The Kier molecular flexibility index (Phi) is 4.10. The highest BCUT2D eigenvalue weighted by Gasteiger charge is 2.15. The topological polar surface area (TPSA) is 51.0 Å². The van der Waals surface area contributed by atoms with Crippen LogP contribution in [-0.4, -0.2) is 17.2 Å². The SMILES string of the molecule is CCc1ccc(-c2nnc(C(CC)NC)o2)cc1. The van der Waals surface area contributed by atoms with Crippen LogP contribution in [0.4, 0.5) is 0 Å². The number of nitrogens with zero attached hydrogens (tertiary/aromatic N) is 2. The van der Waals surface area contributed by atoms with Crippen LogP contribution in [0.3, 0.4) is 0 Å². The lowest BCUT2D eigenvalue weighted by molar-refractivity contribution is 0.415. The molecule has 1 unspecified atom stereocenters. The van der Waals surface area contributed by atoms with Gasteiger partial charge in [-0.3, -0.25) is 0 Å². The van der Waals surface area contributed by atoms with E-state index in [-0.39, 0.29) is 6.04 Å². The molecule has 4 nitrogen and oxygen atoms in total. The molecule has 1 heterocycles. The third-order valence-corrected chi connectivity index (χ3v) is 3.10. The van der Waals surface area contributed by atoms with Crippen molar-refractivity contribution in [1.82, 2.24) is 15.5 Å². The Labute approximate surface area is 107 Å². The molecule has 0 radical (unpaired) electrons. The van der Waals surface area contributed by atoms with Crippen molar-refractivity contribution in [3.8, 4) is 11.5 Å². The molecule has 0 spiro atoms. The van der Waals surface area contributed by atoms with Crippen molar-refractivity contribution in [2.24, 2.45) is 0 Å². The van der Waals surface area contributed by atoms with Crippen LogP contribution in [-0.2, 0) is 6.42 Å². The quantitative estimate of drug-likeness (QED) is 0.879. The summed E-state index contributed by atoms with van der Waals surface area (Å²) < 4.78 is 5.70. The lowest BCUT2D eigenvalue weighted by Crippen LogP contribution is -2.15. The maximum Gasteiger partial charge on any atom is 0.247 e. The fraction of sp³-hybridized carbons (Fsp3) is 0.429. The standard InChI is InChI=1S/C14H19N3O/c1-4-10-6-8-11(9-7-10)13-16-17-14(18-13)12(5-2)15-3/h6-9,12,15H,4-5H2,1-3H3. The smallest absolute Gasteiger partial charge is 0.247 e. The Morgan fingerprint density at radius 2 is 1.89 bits per heavy atom. The van der Waals surface area contributed by atoms with Crippen molar-refractivity contribution in [1.29, 1.82) is 0 Å². The van der Waals surface area contributed by atoms with Gasteiger partial charge in [0, 0.05) is 5.56 Å². The average molecular weight is 245 g/mol. The van der Waals surface area contributed by atoms with E-state index in [9.17, 15) is 0 Å². The highest BCUT2D eigenvalue weighted by Crippen LogP contribution is 2.22. The normalized spacial score (nSPS) is 12.6. The second-order valence-corrected chi connectivity index (χ2v) is 4.25. The molecular formula is C14H19N3O. The summed E-state index contributed by atoms with van der Waals surface area (Å²) >= 11 is 0. The van der Waals surface area contributed by atoms with Gasteiger partial charge in [0.2, 0.25) is 11.8 Å². The monoisotopic (exact) mass is 245 g/mol. The highest BCUT2D eigenvalue weighted by molar-refractivity contribution is 5.52. The van der Waals surface area contributed by atoms with Gasteiger partial charge < -0.3 is 9.73 Å². The zero-order valence-corrected chi connectivity index (χ0v) is 11.1. The molecule has 0 saturated heterocycles. The predicted molar refractivity (Wildman–Crippen MR) is 71.2 cm³/mol. The summed E-state index contributed by atoms with van der Waals surface area (Å²) in [5.41, 5.74) is 2.28. The average Bonchev–Trinajstić information content (AvgIpc) is 2.90. The van der Waals surface area contributed by atoms with Crippen molar-refractivity contribution < 1.29 is 4.42 Å². The van der Waals surface area contributed by atoms with Crippen LogP contribution < -0.4 is 5.32 Å². The van der Waals surface area contributed by atoms with E-state index in [1.165, 1.54) is 5.56 Å². The Hall–Kier alpha value is -1.68. The van der Waals surface area contributed by atoms with E-state index >= 15 is 0 Å². The van der Waals surface area contributed by atoms with E-state index in [4.69, 9.17) is 4.42 Å². The minimum atomic E-state index is 0.126. The number of aryl methyl sites for hydroxylation is 1. The molecule has 1 atom stereocenters. The molecule has 1 aromatic carbocycles. The molecule has 0 saturated carbocycles. The zero-order chi connectivity index (χ0) is 13.0. The van der Waals surface area contributed by atoms with E-state index < -0.39 is 0 Å². The minimum absolute atomic E-state index is 0.126. The van der Waals surface area contributed by atoms with Crippen molar-refractivity contribution in [3.05, 3.63) is 35.7 Å². The summed E-state index contributed by atoms with van der Waals surface area (Å²) in [5.74, 6) is 1.23. The fourth-order valence-corrected chi connectivity index (χ4v) is 1.88. The van der Waals surface area contributed by atoms with E-state index in [1.807, 2.05) is 19.2 Å². The summed E-state index contributed by atoms with van der Waals surface area (Å²) in [4.78, 5) is 0. The molecule has 0 bridgehead atoms. The van der Waals surface area contributed by atoms with Gasteiger partial charge in [0.15, 0.2) is 0 Å². The number of nitrogens with one attached hydrogen (secondary N) is 1. The predicted octanol–water partition coefficient (Wildman–Crippen LogP) is 2.97. The number of benzene rings is 1. The molecule has 2 rings (SSSR count). The highest BCUT2D eigenvalue weighted by atomic mass is 16.4. The lowest BCUT2D eigenvalue weighted by atomic mass is 10.1. The molecule has 4 heteroatoms. The maximum absolute atomic E-state index is 5.70. The van der Waals surface area contributed by atoms with Gasteiger partial charge in [-0.05, 0) is 37.6 Å². The van der Waals surface area contributed by atoms with Gasteiger partial charge in [-0.2, -0.15) is 0 Å². The molecule has 1 N–H and O–H groups in total. The van der Waals surface area contributed by atoms with Crippen LogP contribution >= 0.6 is 0 Å². The van der Waals surface area contributed by atoms with Gasteiger partial charge in [-0.15, -0.1) is 10.2 Å². The van der Waals surface area contributed by atoms with Crippen molar-refractivity contribution in [3.63, 3.8) is 0 Å². The minimum Gasteiger partial charge on any atom is -0.419 e. The van der Waals surface area contributed by atoms with Crippen LogP contribution in [0.25, 0.3) is 11.5 Å². The van der Waals surface area contributed by atoms with Crippen molar-refractivity contribution in [2.45, 2.75) is 32.7 Å². The van der Waals surface area contributed by atoms with Crippen molar-refractivity contribution >= 4 is 0 Å². The molecule has 2 aromatic rings. The van der Waals surface area contributed by atoms with Gasteiger partial charge >= 0.3 is 0 Å². The summed E-state index contributed by atoms with van der Waals surface area (Å²) in [7, 11) is 1.90. The molecule has 96 valence electrons. The van der Waals surface area contributed by atoms with Crippen LogP contribution in [0.2, 0.25) is 0 Å². The number of rotatable bonds is 5. The lowest BCUT2D eigenvalue weighted by Gasteiger charge is -2.07. The second-order valence-electron chi connectivity index (χ2n) is 4.25. The number of hydrogen-bond donors (Lipinski definition) is 1. The molecule has 18 heavy (non-hydrogen) atoms. The second kappa shape index (κ2) is 5.78. The first kappa shape index (κ1) is 12.8. The summed E-state index contributed by atoms with van der Waals surface area (Å²) in [6.45, 7) is 4.22. The Bertz CT molecular complexity index is 486. The van der Waals surface area contributed by atoms with E-state index in [0.717, 1.165) is 18.4 Å². The largest absolute Gasteiger partial charge is 0.419 e. The van der Waals surface area contributed by atoms with Crippen LogP contribution in [0.15, 0.2) is 28.7 Å². The summed E-state index contributed by atoms with van der Waals surface area (Å²) in [6.07, 6.45) is 1.96. The van der Waals surface area contributed by atoms with E-state index in [1.54, 1.807) is 0 Å². The number of hydrogen-bond acceptors (Lipinski definition) is 4. The molecule has 0 fully saturated rings. The first-order valence-electron chi connectivity index (χ1n) is 6.38.